The Labute approximate surface area is 303 Å². The fraction of sp³-hybridized carbons (Fsp3) is 0.525. The quantitative estimate of drug-likeness (QED) is 0.0858. The Kier molecular flexibility index (Phi) is 18.9. The zero-order valence-corrected chi connectivity index (χ0v) is 32.2. The highest BCUT2D eigenvalue weighted by Gasteiger charge is 2.31. The smallest absolute Gasteiger partial charge is 0.347 e. The molecule has 0 aliphatic heterocycles. The van der Waals surface area contributed by atoms with E-state index in [4.69, 9.17) is 26.2 Å². The van der Waals surface area contributed by atoms with Crippen LogP contribution in [-0.4, -0.2) is 48.7 Å². The van der Waals surface area contributed by atoms with E-state index < -0.39 is 23.5 Å². The summed E-state index contributed by atoms with van der Waals surface area (Å²) >= 11 is 5.56. The largest absolute Gasteiger partial charge is 0.506 e. The number of hydrogen-bond donors (Lipinski definition) is 3. The van der Waals surface area contributed by atoms with Crippen molar-refractivity contribution < 1.29 is 33.4 Å². The number of carbonyl (C=O) groups excluding carboxylic acids is 3. The summed E-state index contributed by atoms with van der Waals surface area (Å²) in [5.41, 5.74) is 1.38. The maximum atomic E-state index is 13.6. The Morgan fingerprint density at radius 3 is 2.28 bits per heavy atom. The molecule has 3 N–H and O–H groups in total. The minimum Gasteiger partial charge on any atom is -0.506 e. The number of allylic oxidation sites excluding steroid dienone is 1. The maximum Gasteiger partial charge on any atom is 0.347 e. The first-order valence-electron chi connectivity index (χ1n) is 17.2. The molecule has 50 heavy (non-hydrogen) atoms. The van der Waals surface area contributed by atoms with E-state index in [2.05, 4.69) is 38.0 Å². The van der Waals surface area contributed by atoms with Crippen LogP contribution >= 0.6 is 11.6 Å². The molecule has 0 saturated heterocycles. The van der Waals surface area contributed by atoms with E-state index in [0.29, 0.717) is 29.0 Å². The third-order valence-electron chi connectivity index (χ3n) is 8.87. The molecule has 0 spiro atoms. The van der Waals surface area contributed by atoms with E-state index in [1.54, 1.807) is 37.3 Å². The standard InChI is InChI=1S/C33H51FN2O5.C7H7ClO/c1-21(2)18-29(32(39)40-10)41-26(7)33(8,9)20-35-31(38)25(6)36-30(37)17-12-11-14-22(3)23(4)24(5)27-15-13-16-28(34)19-27;1-5-2-3-7(9)6(8)4-5/h12-13,15-17,19,21-25,29H,7,11,14,18,20H2,1-6,8-10H3,(H,35,38)(H,36,37);2-4,9H,1H3/b17-12+;/t22?,23-,24?,25?,29?;/m1./s1. The summed E-state index contributed by atoms with van der Waals surface area (Å²) in [6.45, 7) is 21.9. The third-order valence-corrected chi connectivity index (χ3v) is 9.17. The first-order valence-corrected chi connectivity index (χ1v) is 17.6. The number of methoxy groups -OCH3 is 1. The molecule has 0 aliphatic carbocycles. The molecule has 10 heteroatoms. The monoisotopic (exact) mass is 716 g/mol. The van der Waals surface area contributed by atoms with E-state index in [1.165, 1.54) is 19.3 Å². The highest BCUT2D eigenvalue weighted by Crippen LogP contribution is 2.32. The Balaban J connectivity index is 0.00000119. The van der Waals surface area contributed by atoms with E-state index in [9.17, 15) is 18.8 Å². The molecule has 5 atom stereocenters. The van der Waals surface area contributed by atoms with Gasteiger partial charge < -0.3 is 25.2 Å². The minimum absolute atomic E-state index is 0.141. The van der Waals surface area contributed by atoms with Crippen LogP contribution in [0.3, 0.4) is 0 Å². The van der Waals surface area contributed by atoms with Crippen LogP contribution < -0.4 is 10.6 Å². The minimum atomic E-state index is -0.768. The molecular weight excluding hydrogens is 659 g/mol. The average Bonchev–Trinajstić information content (AvgIpc) is 3.05. The molecule has 278 valence electrons. The number of halogens is 2. The number of rotatable bonds is 17. The van der Waals surface area contributed by atoms with Crippen LogP contribution in [0.25, 0.3) is 0 Å². The van der Waals surface area contributed by atoms with Gasteiger partial charge in [-0.2, -0.15) is 0 Å². The van der Waals surface area contributed by atoms with E-state index in [1.807, 2.05) is 46.8 Å². The van der Waals surface area contributed by atoms with Crippen LogP contribution in [0.4, 0.5) is 4.39 Å². The summed E-state index contributed by atoms with van der Waals surface area (Å²) in [7, 11) is 1.32. The van der Waals surface area contributed by atoms with Crippen molar-refractivity contribution in [2.45, 2.75) is 99.6 Å². The second-order valence-electron chi connectivity index (χ2n) is 14.1. The van der Waals surface area contributed by atoms with Gasteiger partial charge in [-0.25, -0.2) is 9.18 Å². The predicted molar refractivity (Wildman–Crippen MR) is 199 cm³/mol. The number of ether oxygens (including phenoxy) is 2. The highest BCUT2D eigenvalue weighted by molar-refractivity contribution is 6.32. The predicted octanol–water partition coefficient (Wildman–Crippen LogP) is 8.66. The molecule has 0 heterocycles. The van der Waals surface area contributed by atoms with Gasteiger partial charge in [-0.05, 0) is 98.2 Å². The summed E-state index contributed by atoms with van der Waals surface area (Å²) in [5.74, 6) is 0.287. The number of hydrogen-bond acceptors (Lipinski definition) is 6. The van der Waals surface area contributed by atoms with Crippen molar-refractivity contribution in [2.24, 2.45) is 23.2 Å². The first kappa shape index (κ1) is 44.2. The molecule has 2 amide bonds. The van der Waals surface area contributed by atoms with Gasteiger partial charge in [0, 0.05) is 12.0 Å². The van der Waals surface area contributed by atoms with Gasteiger partial charge in [-0.1, -0.05) is 90.9 Å². The first-order chi connectivity index (χ1) is 23.3. The maximum absolute atomic E-state index is 13.6. The second-order valence-corrected chi connectivity index (χ2v) is 14.5. The Bertz CT molecular complexity index is 1440. The van der Waals surface area contributed by atoms with Crippen molar-refractivity contribution in [1.29, 1.82) is 0 Å². The number of aromatic hydroxyl groups is 1. The summed E-state index contributed by atoms with van der Waals surface area (Å²) in [4.78, 5) is 37.1. The number of phenolic OH excluding ortho intramolecular Hbond substituents is 1. The summed E-state index contributed by atoms with van der Waals surface area (Å²) in [6.07, 6.45) is 4.59. The fourth-order valence-electron chi connectivity index (χ4n) is 4.98. The van der Waals surface area contributed by atoms with Crippen LogP contribution in [0.5, 0.6) is 5.75 Å². The van der Waals surface area contributed by atoms with Gasteiger partial charge in [0.15, 0.2) is 6.10 Å². The summed E-state index contributed by atoms with van der Waals surface area (Å²) in [5, 5.41) is 14.8. The molecule has 8 nitrogen and oxygen atoms in total. The second kappa shape index (κ2) is 21.4. The van der Waals surface area contributed by atoms with Crippen molar-refractivity contribution in [2.75, 3.05) is 13.7 Å². The molecule has 2 aromatic carbocycles. The lowest BCUT2D eigenvalue weighted by Gasteiger charge is -2.31. The van der Waals surface area contributed by atoms with Crippen molar-refractivity contribution >= 4 is 29.4 Å². The van der Waals surface area contributed by atoms with Gasteiger partial charge in [0.05, 0.1) is 17.9 Å². The average molecular weight is 717 g/mol. The molecule has 0 fully saturated rings. The zero-order chi connectivity index (χ0) is 38.2. The lowest BCUT2D eigenvalue weighted by molar-refractivity contribution is -0.153. The van der Waals surface area contributed by atoms with Crippen LogP contribution in [0, 0.1) is 35.9 Å². The SMILES string of the molecule is C=C(OC(CC(C)C)C(=O)OC)C(C)(C)CNC(=O)C(C)NC(=O)/C=C/CCC(C)[C@@H](C)C(C)c1cccc(F)c1.Cc1ccc(O)c(Cl)c1. The van der Waals surface area contributed by atoms with Crippen molar-refractivity contribution in [3.63, 3.8) is 0 Å². The molecule has 0 bridgehead atoms. The Morgan fingerprint density at radius 2 is 1.72 bits per heavy atom. The van der Waals surface area contributed by atoms with Crippen LogP contribution in [-0.2, 0) is 23.9 Å². The number of benzene rings is 2. The number of aryl methyl sites for hydroxylation is 1. The Morgan fingerprint density at radius 1 is 1.06 bits per heavy atom. The highest BCUT2D eigenvalue weighted by atomic mass is 35.5. The number of nitrogens with one attached hydrogen (secondary N) is 2. The van der Waals surface area contributed by atoms with E-state index in [-0.39, 0.29) is 41.8 Å². The molecule has 0 saturated carbocycles. The van der Waals surface area contributed by atoms with Gasteiger partial charge in [0.25, 0.3) is 0 Å². The summed E-state index contributed by atoms with van der Waals surface area (Å²) in [6, 6.07) is 11.1. The molecule has 2 aromatic rings. The molecule has 0 radical (unpaired) electrons. The lowest BCUT2D eigenvalue weighted by atomic mass is 9.79. The Hall–Kier alpha value is -3.85. The number of esters is 1. The normalized spacial score (nSPS) is 14.4. The third kappa shape index (κ3) is 15.8. The van der Waals surface area contributed by atoms with Gasteiger partial charge >= 0.3 is 5.97 Å². The number of phenols is 1. The fourth-order valence-corrected chi connectivity index (χ4v) is 5.22. The molecular formula is C40H58ClFN2O6. The lowest BCUT2D eigenvalue weighted by Crippen LogP contribution is -2.47. The molecule has 0 aliphatic rings. The topological polar surface area (TPSA) is 114 Å². The molecule has 4 unspecified atom stereocenters. The molecule has 0 aromatic heterocycles. The van der Waals surface area contributed by atoms with Crippen LogP contribution in [0.15, 0.2) is 67.0 Å². The zero-order valence-electron chi connectivity index (χ0n) is 31.4. The number of carbonyl (C=O) groups is 3. The van der Waals surface area contributed by atoms with Gasteiger partial charge in [-0.3, -0.25) is 9.59 Å². The molecule has 2 rings (SSSR count). The van der Waals surface area contributed by atoms with Crippen molar-refractivity contribution in [1.82, 2.24) is 10.6 Å². The summed E-state index contributed by atoms with van der Waals surface area (Å²) < 4.78 is 24.3. The van der Waals surface area contributed by atoms with Crippen molar-refractivity contribution in [3.05, 3.63) is 88.9 Å². The van der Waals surface area contributed by atoms with Crippen LogP contribution in [0.1, 0.15) is 91.7 Å². The van der Waals surface area contributed by atoms with Gasteiger partial charge in [-0.15, -0.1) is 0 Å². The van der Waals surface area contributed by atoms with Gasteiger partial charge in [0.2, 0.25) is 11.8 Å². The van der Waals surface area contributed by atoms with E-state index >= 15 is 0 Å². The number of amides is 2. The van der Waals surface area contributed by atoms with Crippen molar-refractivity contribution in [3.8, 4) is 5.75 Å². The van der Waals surface area contributed by atoms with E-state index in [0.717, 1.165) is 24.0 Å². The van der Waals surface area contributed by atoms with Crippen LogP contribution in [0.2, 0.25) is 5.02 Å². The van der Waals surface area contributed by atoms with Gasteiger partial charge in [0.1, 0.15) is 17.6 Å².